The average molecular weight is 815 g/mol. The first-order chi connectivity index (χ1) is 27.9. The molecule has 0 unspecified atom stereocenters. The van der Waals surface area contributed by atoms with Crippen molar-refractivity contribution < 1.29 is 33.5 Å². The van der Waals surface area contributed by atoms with Gasteiger partial charge in [0.05, 0.1) is 7.11 Å². The van der Waals surface area contributed by atoms with E-state index in [1.807, 2.05) is 114 Å². The lowest BCUT2D eigenvalue weighted by Crippen LogP contribution is -2.59. The molecule has 0 bridgehead atoms. The Hall–Kier alpha value is -5.30. The van der Waals surface area contributed by atoms with E-state index in [1.165, 1.54) is 7.11 Å². The van der Waals surface area contributed by atoms with Gasteiger partial charge in [-0.1, -0.05) is 128 Å². The SMILES string of the molecule is COC(=O)[C@@H](NC(=O)[C@H](Cc1cccc2ccccc12)NC(=O)C[C@H](N)[C@H](Cc1ccccc1)NC(=O)[C@@H](NC(=O)[C@H](CC(C)C)NC(=O)CC(C)C)C(C)C)C(C)C. The second kappa shape index (κ2) is 23.3. The van der Waals surface area contributed by atoms with Gasteiger partial charge in [-0.2, -0.15) is 0 Å². The first-order valence-corrected chi connectivity index (χ1v) is 20.7. The summed E-state index contributed by atoms with van der Waals surface area (Å²) in [5.41, 5.74) is 8.45. The molecule has 0 saturated heterocycles. The van der Waals surface area contributed by atoms with E-state index in [-0.39, 0.29) is 55.3 Å². The summed E-state index contributed by atoms with van der Waals surface area (Å²) in [6.07, 6.45) is 0.785. The predicted molar refractivity (Wildman–Crippen MR) is 231 cm³/mol. The van der Waals surface area contributed by atoms with Crippen LogP contribution in [0.15, 0.2) is 72.8 Å². The molecular formula is C46H66N6O7. The highest BCUT2D eigenvalue weighted by Gasteiger charge is 2.34. The quantitative estimate of drug-likeness (QED) is 0.0806. The highest BCUT2D eigenvalue weighted by Crippen LogP contribution is 2.21. The van der Waals surface area contributed by atoms with Crippen molar-refractivity contribution in [3.05, 3.63) is 83.9 Å². The smallest absolute Gasteiger partial charge is 0.328 e. The van der Waals surface area contributed by atoms with Crippen LogP contribution in [0.4, 0.5) is 0 Å². The zero-order valence-corrected chi connectivity index (χ0v) is 36.2. The van der Waals surface area contributed by atoms with Crippen molar-refractivity contribution in [3.8, 4) is 0 Å². The summed E-state index contributed by atoms with van der Waals surface area (Å²) in [5, 5.41) is 16.3. The number of methoxy groups -OCH3 is 1. The molecule has 3 aromatic carbocycles. The molecule has 322 valence electrons. The molecule has 6 atom stereocenters. The van der Waals surface area contributed by atoms with Gasteiger partial charge in [0.15, 0.2) is 0 Å². The van der Waals surface area contributed by atoms with Crippen LogP contribution < -0.4 is 32.3 Å². The van der Waals surface area contributed by atoms with Crippen LogP contribution in [-0.2, 0) is 46.3 Å². The normalized spacial score (nSPS) is 14.5. The summed E-state index contributed by atoms with van der Waals surface area (Å²) in [5.74, 6) is -3.32. The summed E-state index contributed by atoms with van der Waals surface area (Å²) >= 11 is 0. The third kappa shape index (κ3) is 15.4. The molecule has 0 fully saturated rings. The minimum absolute atomic E-state index is 0.0954. The molecule has 13 heteroatoms. The topological polar surface area (TPSA) is 198 Å². The molecule has 0 radical (unpaired) electrons. The largest absolute Gasteiger partial charge is 0.467 e. The lowest BCUT2D eigenvalue weighted by molar-refractivity contribution is -0.146. The molecule has 7 N–H and O–H groups in total. The number of esters is 1. The maximum Gasteiger partial charge on any atom is 0.328 e. The van der Waals surface area contributed by atoms with Crippen LogP contribution in [0.5, 0.6) is 0 Å². The molecule has 3 rings (SSSR count). The molecule has 0 aromatic heterocycles. The second-order valence-electron chi connectivity index (χ2n) is 17.0. The Labute approximate surface area is 349 Å². The van der Waals surface area contributed by atoms with Gasteiger partial charge in [-0.05, 0) is 58.4 Å². The number of hydrogen-bond acceptors (Lipinski definition) is 8. The van der Waals surface area contributed by atoms with Gasteiger partial charge < -0.3 is 37.1 Å². The molecule has 0 aliphatic carbocycles. The van der Waals surface area contributed by atoms with Gasteiger partial charge >= 0.3 is 5.97 Å². The number of nitrogens with two attached hydrogens (primary N) is 1. The van der Waals surface area contributed by atoms with Crippen molar-refractivity contribution in [1.82, 2.24) is 26.6 Å². The van der Waals surface area contributed by atoms with Crippen LogP contribution in [0.3, 0.4) is 0 Å². The molecule has 0 aliphatic heterocycles. The van der Waals surface area contributed by atoms with E-state index in [1.54, 1.807) is 13.8 Å². The van der Waals surface area contributed by atoms with Crippen molar-refractivity contribution in [3.63, 3.8) is 0 Å². The number of fused-ring (bicyclic) bond motifs is 1. The van der Waals surface area contributed by atoms with Gasteiger partial charge in [-0.3, -0.25) is 24.0 Å². The number of nitrogens with one attached hydrogen (secondary N) is 5. The summed E-state index contributed by atoms with van der Waals surface area (Å²) in [6.45, 7) is 14.9. The Morgan fingerprint density at radius 1 is 0.576 bits per heavy atom. The van der Waals surface area contributed by atoms with Crippen LogP contribution in [-0.4, -0.2) is 78.9 Å². The van der Waals surface area contributed by atoms with Crippen LogP contribution in [0.25, 0.3) is 10.8 Å². The van der Waals surface area contributed by atoms with Gasteiger partial charge in [0.25, 0.3) is 0 Å². The molecule has 0 saturated carbocycles. The number of hydrogen-bond donors (Lipinski definition) is 6. The molecule has 3 aromatic rings. The Balaban J connectivity index is 1.87. The van der Waals surface area contributed by atoms with Crippen molar-refractivity contribution in [2.24, 2.45) is 29.4 Å². The van der Waals surface area contributed by atoms with E-state index < -0.39 is 65.8 Å². The number of amides is 5. The van der Waals surface area contributed by atoms with E-state index in [2.05, 4.69) is 26.6 Å². The van der Waals surface area contributed by atoms with Crippen molar-refractivity contribution >= 4 is 46.3 Å². The highest BCUT2D eigenvalue weighted by atomic mass is 16.5. The Morgan fingerprint density at radius 2 is 1.14 bits per heavy atom. The van der Waals surface area contributed by atoms with Gasteiger partial charge in [0, 0.05) is 31.3 Å². The molecular weight excluding hydrogens is 749 g/mol. The Kier molecular flexibility index (Phi) is 19.0. The molecule has 59 heavy (non-hydrogen) atoms. The van der Waals surface area contributed by atoms with E-state index in [4.69, 9.17) is 10.5 Å². The average Bonchev–Trinajstić information content (AvgIpc) is 3.17. The highest BCUT2D eigenvalue weighted by molar-refractivity contribution is 5.94. The number of carbonyl (C=O) groups excluding carboxylic acids is 6. The van der Waals surface area contributed by atoms with Crippen molar-refractivity contribution in [2.45, 2.75) is 124 Å². The van der Waals surface area contributed by atoms with Gasteiger partial charge in [-0.15, -0.1) is 0 Å². The summed E-state index contributed by atoms with van der Waals surface area (Å²) < 4.78 is 4.95. The molecule has 5 amide bonds. The Morgan fingerprint density at radius 3 is 1.75 bits per heavy atom. The van der Waals surface area contributed by atoms with E-state index >= 15 is 0 Å². The third-order valence-electron chi connectivity index (χ3n) is 10.1. The van der Waals surface area contributed by atoms with Gasteiger partial charge in [0.1, 0.15) is 24.2 Å². The zero-order valence-electron chi connectivity index (χ0n) is 36.2. The number of benzene rings is 3. The second-order valence-corrected chi connectivity index (χ2v) is 17.0. The lowest BCUT2D eigenvalue weighted by atomic mass is 9.94. The fourth-order valence-electron chi connectivity index (χ4n) is 6.95. The van der Waals surface area contributed by atoms with Crippen LogP contribution in [0.2, 0.25) is 0 Å². The number of rotatable bonds is 22. The van der Waals surface area contributed by atoms with Crippen LogP contribution >= 0.6 is 0 Å². The van der Waals surface area contributed by atoms with Crippen LogP contribution in [0.1, 0.15) is 85.8 Å². The third-order valence-corrected chi connectivity index (χ3v) is 10.1. The fourth-order valence-corrected chi connectivity index (χ4v) is 6.95. The summed E-state index contributed by atoms with van der Waals surface area (Å²) in [4.78, 5) is 80.9. The minimum atomic E-state index is -1.09. The fraction of sp³-hybridized carbons (Fsp3) is 0.522. The standard InChI is InChI=1S/C46H66N6O7/c1-27(2)22-37(48-39(53)23-28(3)4)43(55)51-41(29(5)6)45(57)50-36(24-31-16-11-10-12-17-31)35(47)26-40(54)49-38(44(56)52-42(30(7)8)46(58)59-9)25-33-20-15-19-32-18-13-14-21-34(32)33/h10-21,27-30,35-38,41-42H,22-26,47H2,1-9H3,(H,48,53)(H,49,54)(H,50,57)(H,51,55)(H,52,56)/t35-,36-,37-,38-,41-,42-/m0/s1. The zero-order chi connectivity index (χ0) is 43.8. The van der Waals surface area contributed by atoms with Gasteiger partial charge in [-0.25, -0.2) is 4.79 Å². The summed E-state index contributed by atoms with van der Waals surface area (Å²) in [6, 6.07) is 17.3. The van der Waals surface area contributed by atoms with E-state index in [0.717, 1.165) is 21.9 Å². The predicted octanol–water partition coefficient (Wildman–Crippen LogP) is 4.34. The number of carbonyl (C=O) groups is 6. The molecule has 0 aliphatic rings. The number of ether oxygens (including phenoxy) is 1. The van der Waals surface area contributed by atoms with Gasteiger partial charge in [0.2, 0.25) is 29.5 Å². The lowest BCUT2D eigenvalue weighted by Gasteiger charge is -2.30. The van der Waals surface area contributed by atoms with Crippen molar-refractivity contribution in [2.75, 3.05) is 7.11 Å². The van der Waals surface area contributed by atoms with E-state index in [9.17, 15) is 28.8 Å². The van der Waals surface area contributed by atoms with E-state index in [0.29, 0.717) is 6.42 Å². The molecule has 13 nitrogen and oxygen atoms in total. The first-order valence-electron chi connectivity index (χ1n) is 20.7. The maximum absolute atomic E-state index is 14.1. The minimum Gasteiger partial charge on any atom is -0.467 e. The molecule has 0 heterocycles. The summed E-state index contributed by atoms with van der Waals surface area (Å²) in [7, 11) is 1.25. The maximum atomic E-state index is 14.1. The Bertz CT molecular complexity index is 1860. The molecule has 0 spiro atoms. The van der Waals surface area contributed by atoms with Crippen molar-refractivity contribution in [1.29, 1.82) is 0 Å². The monoisotopic (exact) mass is 814 g/mol. The van der Waals surface area contributed by atoms with Crippen LogP contribution in [0, 0.1) is 23.7 Å². The first kappa shape index (κ1) is 48.1.